The lowest BCUT2D eigenvalue weighted by Crippen LogP contribution is -1.88. The topological polar surface area (TPSA) is 12.9 Å². The molecule has 1 aromatic rings. The second-order valence-electron chi connectivity index (χ2n) is 2.61. The molecule has 0 aliphatic heterocycles. The zero-order valence-corrected chi connectivity index (χ0v) is 8.24. The molecule has 0 saturated carbocycles. The van der Waals surface area contributed by atoms with Crippen LogP contribution in [0.4, 0.5) is 4.39 Å². The molecule has 3 heteroatoms. The Balaban J connectivity index is 2.81. The fourth-order valence-electron chi connectivity index (χ4n) is 0.847. The third-order valence-electron chi connectivity index (χ3n) is 1.48. The summed E-state index contributed by atoms with van der Waals surface area (Å²) in [6.07, 6.45) is 2.17. The zero-order valence-electron chi connectivity index (χ0n) is 7.34. The summed E-state index contributed by atoms with van der Waals surface area (Å²) in [7, 11) is 0. The van der Waals surface area contributed by atoms with E-state index in [4.69, 9.17) is 0 Å². The van der Waals surface area contributed by atoms with Crippen molar-refractivity contribution in [2.45, 2.75) is 13.3 Å². The SMILES string of the molecule is Cc1cc(C#CCCS)cnc1F. The highest BCUT2D eigenvalue weighted by atomic mass is 32.1. The fraction of sp³-hybridized carbons (Fsp3) is 0.300. The third kappa shape index (κ3) is 3.08. The molecule has 13 heavy (non-hydrogen) atoms. The van der Waals surface area contributed by atoms with E-state index in [0.717, 1.165) is 17.7 Å². The van der Waals surface area contributed by atoms with E-state index in [2.05, 4.69) is 29.5 Å². The van der Waals surface area contributed by atoms with Crippen molar-refractivity contribution in [2.75, 3.05) is 5.75 Å². The summed E-state index contributed by atoms with van der Waals surface area (Å²) in [5, 5.41) is 0. The van der Waals surface area contributed by atoms with Crippen LogP contribution in [0.15, 0.2) is 12.3 Å². The monoisotopic (exact) mass is 195 g/mol. The van der Waals surface area contributed by atoms with Crippen molar-refractivity contribution in [1.82, 2.24) is 4.98 Å². The van der Waals surface area contributed by atoms with Gasteiger partial charge in [0, 0.05) is 29.5 Å². The smallest absolute Gasteiger partial charge is 0.215 e. The third-order valence-corrected chi connectivity index (χ3v) is 1.71. The summed E-state index contributed by atoms with van der Waals surface area (Å²) < 4.78 is 12.7. The van der Waals surface area contributed by atoms with E-state index < -0.39 is 5.95 Å². The van der Waals surface area contributed by atoms with Crippen molar-refractivity contribution >= 4 is 12.6 Å². The van der Waals surface area contributed by atoms with E-state index in [1.807, 2.05) is 0 Å². The van der Waals surface area contributed by atoms with Gasteiger partial charge in [-0.2, -0.15) is 17.0 Å². The van der Waals surface area contributed by atoms with Crippen molar-refractivity contribution in [3.63, 3.8) is 0 Å². The molecule has 0 spiro atoms. The molecule has 1 rings (SSSR count). The maximum absolute atomic E-state index is 12.7. The van der Waals surface area contributed by atoms with Gasteiger partial charge in [0.2, 0.25) is 5.95 Å². The maximum Gasteiger partial charge on any atom is 0.215 e. The lowest BCUT2D eigenvalue weighted by atomic mass is 10.2. The molecule has 0 aliphatic rings. The number of halogens is 1. The number of rotatable bonds is 1. The van der Waals surface area contributed by atoms with Gasteiger partial charge in [-0.3, -0.25) is 0 Å². The maximum atomic E-state index is 12.7. The first kappa shape index (κ1) is 10.1. The first-order chi connectivity index (χ1) is 6.24. The van der Waals surface area contributed by atoms with E-state index in [-0.39, 0.29) is 0 Å². The second-order valence-corrected chi connectivity index (χ2v) is 3.05. The van der Waals surface area contributed by atoms with Gasteiger partial charge in [0.25, 0.3) is 0 Å². The van der Waals surface area contributed by atoms with E-state index >= 15 is 0 Å². The predicted molar refractivity (Wildman–Crippen MR) is 54.3 cm³/mol. The number of hydrogen-bond acceptors (Lipinski definition) is 2. The van der Waals surface area contributed by atoms with Crippen LogP contribution in [0.3, 0.4) is 0 Å². The first-order valence-electron chi connectivity index (χ1n) is 3.96. The van der Waals surface area contributed by atoms with Crippen LogP contribution in [0.2, 0.25) is 0 Å². The van der Waals surface area contributed by atoms with Gasteiger partial charge in [-0.05, 0) is 13.0 Å². The quantitative estimate of drug-likeness (QED) is 0.412. The standard InChI is InChI=1S/C10H10FNS/c1-8-6-9(4-2-3-5-13)7-12-10(8)11/h6-7,13H,3,5H2,1H3. The summed E-state index contributed by atoms with van der Waals surface area (Å²) in [5.41, 5.74) is 1.28. The van der Waals surface area contributed by atoms with Crippen molar-refractivity contribution < 1.29 is 4.39 Å². The molecular weight excluding hydrogens is 185 g/mol. The van der Waals surface area contributed by atoms with Crippen molar-refractivity contribution in [2.24, 2.45) is 0 Å². The molecular formula is C10H10FNS. The largest absolute Gasteiger partial charge is 0.227 e. The zero-order chi connectivity index (χ0) is 9.68. The summed E-state index contributed by atoms with van der Waals surface area (Å²) in [6, 6.07) is 1.69. The van der Waals surface area contributed by atoms with Gasteiger partial charge in [-0.15, -0.1) is 0 Å². The molecule has 0 N–H and O–H groups in total. The Hall–Kier alpha value is -1.01. The highest BCUT2D eigenvalue weighted by Gasteiger charge is 1.97. The van der Waals surface area contributed by atoms with E-state index in [1.54, 1.807) is 13.0 Å². The lowest BCUT2D eigenvalue weighted by Gasteiger charge is -1.94. The van der Waals surface area contributed by atoms with Gasteiger partial charge in [-0.1, -0.05) is 11.8 Å². The van der Waals surface area contributed by atoms with Crippen LogP contribution in [0.25, 0.3) is 0 Å². The molecule has 1 aromatic heterocycles. The van der Waals surface area contributed by atoms with Gasteiger partial charge in [0.15, 0.2) is 0 Å². The molecule has 0 unspecified atom stereocenters. The normalized spacial score (nSPS) is 9.15. The van der Waals surface area contributed by atoms with Crippen molar-refractivity contribution in [3.8, 4) is 11.8 Å². The summed E-state index contributed by atoms with van der Waals surface area (Å²) >= 11 is 4.03. The molecule has 1 nitrogen and oxygen atoms in total. The highest BCUT2D eigenvalue weighted by Crippen LogP contribution is 2.04. The summed E-state index contributed by atoms with van der Waals surface area (Å²) in [5.74, 6) is 6.10. The highest BCUT2D eigenvalue weighted by molar-refractivity contribution is 7.80. The Labute approximate surface area is 82.8 Å². The Morgan fingerprint density at radius 3 is 3.00 bits per heavy atom. The number of aromatic nitrogens is 1. The van der Waals surface area contributed by atoms with Crippen molar-refractivity contribution in [1.29, 1.82) is 0 Å². The molecule has 0 saturated heterocycles. The molecule has 0 aromatic carbocycles. The lowest BCUT2D eigenvalue weighted by molar-refractivity contribution is 0.574. The minimum absolute atomic E-state index is 0.431. The van der Waals surface area contributed by atoms with Gasteiger partial charge in [-0.25, -0.2) is 4.98 Å². The Kier molecular flexibility index (Phi) is 3.78. The van der Waals surface area contributed by atoms with Crippen LogP contribution in [0.5, 0.6) is 0 Å². The van der Waals surface area contributed by atoms with Gasteiger partial charge in [0.1, 0.15) is 0 Å². The molecule has 0 amide bonds. The molecule has 1 heterocycles. The number of hydrogen-bond donors (Lipinski definition) is 1. The average Bonchev–Trinajstić information content (AvgIpc) is 2.12. The molecule has 0 bridgehead atoms. The van der Waals surface area contributed by atoms with Crippen LogP contribution in [0.1, 0.15) is 17.5 Å². The Morgan fingerprint density at radius 1 is 1.62 bits per heavy atom. The van der Waals surface area contributed by atoms with Gasteiger partial charge < -0.3 is 0 Å². The number of nitrogens with zero attached hydrogens (tertiary/aromatic N) is 1. The first-order valence-corrected chi connectivity index (χ1v) is 4.59. The van der Waals surface area contributed by atoms with E-state index in [0.29, 0.717) is 5.56 Å². The average molecular weight is 195 g/mol. The molecule has 0 aliphatic carbocycles. The predicted octanol–water partition coefficient (Wildman–Crippen LogP) is 2.20. The second kappa shape index (κ2) is 4.88. The van der Waals surface area contributed by atoms with Crippen LogP contribution < -0.4 is 0 Å². The molecule has 68 valence electrons. The van der Waals surface area contributed by atoms with Crippen LogP contribution in [0, 0.1) is 24.7 Å². The minimum atomic E-state index is -0.431. The number of thiol groups is 1. The molecule has 0 atom stereocenters. The number of pyridine rings is 1. The van der Waals surface area contributed by atoms with E-state index in [9.17, 15) is 4.39 Å². The summed E-state index contributed by atoms with van der Waals surface area (Å²) in [4.78, 5) is 3.57. The molecule has 0 radical (unpaired) electrons. The minimum Gasteiger partial charge on any atom is -0.227 e. The van der Waals surface area contributed by atoms with Crippen LogP contribution >= 0.6 is 12.6 Å². The number of aryl methyl sites for hydroxylation is 1. The van der Waals surface area contributed by atoms with Crippen LogP contribution in [-0.2, 0) is 0 Å². The fourth-order valence-corrected chi connectivity index (χ4v) is 0.959. The Bertz CT molecular complexity index is 352. The Morgan fingerprint density at radius 2 is 2.38 bits per heavy atom. The van der Waals surface area contributed by atoms with E-state index in [1.165, 1.54) is 6.20 Å². The van der Waals surface area contributed by atoms with Crippen LogP contribution in [-0.4, -0.2) is 10.7 Å². The van der Waals surface area contributed by atoms with Gasteiger partial charge in [0.05, 0.1) is 0 Å². The summed E-state index contributed by atoms with van der Waals surface area (Å²) in [6.45, 7) is 1.67. The molecule has 0 fully saturated rings. The van der Waals surface area contributed by atoms with Gasteiger partial charge >= 0.3 is 0 Å². The van der Waals surface area contributed by atoms with Crippen molar-refractivity contribution in [3.05, 3.63) is 29.3 Å².